The van der Waals surface area contributed by atoms with E-state index in [1.807, 2.05) is 37.4 Å². The molecule has 1 aromatic heterocycles. The van der Waals surface area contributed by atoms with Crippen LogP contribution in [0, 0.1) is 5.82 Å². The van der Waals surface area contributed by atoms with E-state index in [-0.39, 0.29) is 11.5 Å². The Morgan fingerprint density at radius 3 is 2.71 bits per heavy atom. The molecule has 4 rings (SSSR count). The lowest BCUT2D eigenvalue weighted by molar-refractivity contribution is -0.121. The first kappa shape index (κ1) is 18.3. The molecule has 28 heavy (non-hydrogen) atoms. The van der Waals surface area contributed by atoms with E-state index in [1.165, 1.54) is 29.5 Å². The summed E-state index contributed by atoms with van der Waals surface area (Å²) in [4.78, 5) is 30.8. The van der Waals surface area contributed by atoms with Crippen LogP contribution in [-0.4, -0.2) is 23.8 Å². The Hall–Kier alpha value is -3.06. The minimum atomic E-state index is -0.599. The largest absolute Gasteiger partial charge is 0.314 e. The molecule has 3 aromatic rings. The first-order valence-corrected chi connectivity index (χ1v) is 9.61. The normalized spacial score (nSPS) is 14.9. The zero-order valence-corrected chi connectivity index (χ0v) is 16.4. The fourth-order valence-corrected chi connectivity index (χ4v) is 4.12. The zero-order valence-electron chi connectivity index (χ0n) is 15.6. The molecule has 2 aromatic carbocycles. The molecule has 0 radical (unpaired) electrons. The van der Waals surface area contributed by atoms with Crippen molar-refractivity contribution in [2.75, 3.05) is 17.3 Å². The number of hydrogen-bond acceptors (Lipinski definition) is 4. The van der Waals surface area contributed by atoms with Crippen molar-refractivity contribution < 1.29 is 14.0 Å². The summed E-state index contributed by atoms with van der Waals surface area (Å²) in [6, 6.07) is 11.6. The molecule has 1 aliphatic rings. The minimum Gasteiger partial charge on any atom is -0.314 e. The van der Waals surface area contributed by atoms with E-state index in [1.54, 1.807) is 18.0 Å². The molecule has 0 unspecified atom stereocenters. The molecule has 0 spiro atoms. The lowest BCUT2D eigenvalue weighted by Crippen LogP contribution is -2.33. The molecule has 2 amide bonds. The van der Waals surface area contributed by atoms with Gasteiger partial charge in [0.05, 0.1) is 16.7 Å². The topological polar surface area (TPSA) is 62.3 Å². The summed E-state index contributed by atoms with van der Waals surface area (Å²) in [7, 11) is 1.77. The third-order valence-corrected chi connectivity index (χ3v) is 5.77. The lowest BCUT2D eigenvalue weighted by Gasteiger charge is -2.16. The quantitative estimate of drug-likeness (QED) is 0.712. The summed E-state index contributed by atoms with van der Waals surface area (Å²) in [5.74, 6) is -1.07. The molecular weight excluding hydrogens is 377 g/mol. The van der Waals surface area contributed by atoms with Crippen molar-refractivity contribution >= 4 is 34.0 Å². The molecule has 7 heteroatoms. The Morgan fingerprint density at radius 2 is 1.96 bits per heavy atom. The zero-order chi connectivity index (χ0) is 20.1. The predicted molar refractivity (Wildman–Crippen MR) is 108 cm³/mol. The van der Waals surface area contributed by atoms with Crippen molar-refractivity contribution in [3.63, 3.8) is 0 Å². The van der Waals surface area contributed by atoms with E-state index in [0.29, 0.717) is 10.8 Å². The standard InChI is InChI=1S/C21H18FN3O2S/c1-21(2)14-10-12(8-9-17(14)25(3)19(21)27)16-11-28-20(23-16)24-18(26)13-6-4-5-7-15(13)22/h4-11H,1-3H3,(H,23,24,26). The highest BCUT2D eigenvalue weighted by molar-refractivity contribution is 7.14. The number of halogens is 1. The van der Waals surface area contributed by atoms with E-state index >= 15 is 0 Å². The number of nitrogens with one attached hydrogen (secondary N) is 1. The molecular formula is C21H18FN3O2S. The highest BCUT2D eigenvalue weighted by Gasteiger charge is 2.42. The number of rotatable bonds is 3. The number of likely N-dealkylation sites (N-methyl/N-ethyl adjacent to an activating group) is 1. The van der Waals surface area contributed by atoms with Crippen LogP contribution in [0.4, 0.5) is 15.2 Å². The molecule has 0 saturated carbocycles. The van der Waals surface area contributed by atoms with E-state index < -0.39 is 17.1 Å². The van der Waals surface area contributed by atoms with Crippen molar-refractivity contribution in [1.82, 2.24) is 4.98 Å². The maximum Gasteiger partial charge on any atom is 0.260 e. The number of carbonyl (C=O) groups is 2. The molecule has 1 aliphatic heterocycles. The van der Waals surface area contributed by atoms with Crippen LogP contribution >= 0.6 is 11.3 Å². The average molecular weight is 395 g/mol. The van der Waals surface area contributed by atoms with Crippen molar-refractivity contribution in [1.29, 1.82) is 0 Å². The van der Waals surface area contributed by atoms with Gasteiger partial charge in [0, 0.05) is 23.7 Å². The second-order valence-corrected chi connectivity index (χ2v) is 8.05. The van der Waals surface area contributed by atoms with E-state index in [4.69, 9.17) is 0 Å². The maximum absolute atomic E-state index is 13.8. The molecule has 2 heterocycles. The highest BCUT2D eigenvalue weighted by atomic mass is 32.1. The van der Waals surface area contributed by atoms with E-state index in [0.717, 1.165) is 16.8 Å². The first-order valence-electron chi connectivity index (χ1n) is 8.73. The molecule has 5 nitrogen and oxygen atoms in total. The number of anilines is 2. The van der Waals surface area contributed by atoms with Gasteiger partial charge in [-0.3, -0.25) is 14.9 Å². The predicted octanol–water partition coefficient (Wildman–Crippen LogP) is 4.46. The molecule has 1 N–H and O–H groups in total. The highest BCUT2D eigenvalue weighted by Crippen LogP contribution is 2.42. The second-order valence-electron chi connectivity index (χ2n) is 7.19. The summed E-state index contributed by atoms with van der Waals surface area (Å²) < 4.78 is 13.8. The number of carbonyl (C=O) groups excluding carboxylic acids is 2. The van der Waals surface area contributed by atoms with Crippen LogP contribution in [0.2, 0.25) is 0 Å². The lowest BCUT2D eigenvalue weighted by atomic mass is 9.85. The minimum absolute atomic E-state index is 0.0277. The van der Waals surface area contributed by atoms with Gasteiger partial charge in [0.1, 0.15) is 5.82 Å². The van der Waals surface area contributed by atoms with Crippen LogP contribution in [0.1, 0.15) is 29.8 Å². The van der Waals surface area contributed by atoms with Crippen LogP contribution in [0.25, 0.3) is 11.3 Å². The first-order chi connectivity index (χ1) is 13.3. The van der Waals surface area contributed by atoms with Gasteiger partial charge < -0.3 is 4.90 Å². The number of hydrogen-bond donors (Lipinski definition) is 1. The van der Waals surface area contributed by atoms with Crippen LogP contribution in [-0.2, 0) is 10.2 Å². The Labute approximate surface area is 165 Å². The van der Waals surface area contributed by atoms with Crippen LogP contribution < -0.4 is 10.2 Å². The van der Waals surface area contributed by atoms with Gasteiger partial charge in [-0.25, -0.2) is 9.37 Å². The molecule has 0 aliphatic carbocycles. The Morgan fingerprint density at radius 1 is 1.21 bits per heavy atom. The second kappa shape index (κ2) is 6.53. The van der Waals surface area contributed by atoms with Crippen molar-refractivity contribution in [2.24, 2.45) is 0 Å². The summed E-state index contributed by atoms with van der Waals surface area (Å²) in [6.45, 7) is 3.81. The maximum atomic E-state index is 13.8. The van der Waals surface area contributed by atoms with Crippen molar-refractivity contribution in [3.8, 4) is 11.3 Å². The van der Waals surface area contributed by atoms with Crippen molar-refractivity contribution in [2.45, 2.75) is 19.3 Å². The number of amides is 2. The Bertz CT molecular complexity index is 1110. The molecule has 0 atom stereocenters. The summed E-state index contributed by atoms with van der Waals surface area (Å²) >= 11 is 1.26. The summed E-state index contributed by atoms with van der Waals surface area (Å²) in [5, 5.41) is 4.85. The monoisotopic (exact) mass is 395 g/mol. The van der Waals surface area contributed by atoms with Gasteiger partial charge in [0.2, 0.25) is 5.91 Å². The molecule has 142 valence electrons. The number of nitrogens with zero attached hydrogens (tertiary/aromatic N) is 2. The van der Waals surface area contributed by atoms with Gasteiger partial charge in [0.25, 0.3) is 5.91 Å². The molecule has 0 fully saturated rings. The number of fused-ring (bicyclic) bond motifs is 1. The summed E-state index contributed by atoms with van der Waals surface area (Å²) in [5.41, 5.74) is 2.76. The average Bonchev–Trinajstić information content (AvgIpc) is 3.20. The van der Waals surface area contributed by atoms with Gasteiger partial charge in [-0.05, 0) is 43.7 Å². The van der Waals surface area contributed by atoms with Crippen LogP contribution in [0.5, 0.6) is 0 Å². The van der Waals surface area contributed by atoms with Gasteiger partial charge in [-0.2, -0.15) is 0 Å². The molecule has 0 bridgehead atoms. The fourth-order valence-electron chi connectivity index (χ4n) is 3.41. The third-order valence-electron chi connectivity index (χ3n) is 5.01. The fraction of sp³-hybridized carbons (Fsp3) is 0.190. The summed E-state index contributed by atoms with van der Waals surface area (Å²) in [6.07, 6.45) is 0. The SMILES string of the molecule is CN1C(=O)C(C)(C)c2cc(-c3csc(NC(=O)c4ccccc4F)n3)ccc21. The number of thiazole rings is 1. The van der Waals surface area contributed by atoms with Crippen LogP contribution in [0.15, 0.2) is 47.8 Å². The van der Waals surface area contributed by atoms with Gasteiger partial charge in [-0.15, -0.1) is 11.3 Å². The van der Waals surface area contributed by atoms with Gasteiger partial charge >= 0.3 is 0 Å². The van der Waals surface area contributed by atoms with Gasteiger partial charge in [0.15, 0.2) is 5.13 Å². The smallest absolute Gasteiger partial charge is 0.260 e. The Balaban J connectivity index is 1.61. The van der Waals surface area contributed by atoms with Crippen LogP contribution in [0.3, 0.4) is 0 Å². The van der Waals surface area contributed by atoms with Gasteiger partial charge in [-0.1, -0.05) is 18.2 Å². The third kappa shape index (κ3) is 2.88. The number of aromatic nitrogens is 1. The molecule has 0 saturated heterocycles. The van der Waals surface area contributed by atoms with E-state index in [9.17, 15) is 14.0 Å². The number of benzene rings is 2. The Kier molecular flexibility index (Phi) is 4.27. The van der Waals surface area contributed by atoms with Crippen molar-refractivity contribution in [3.05, 3.63) is 64.8 Å². The van der Waals surface area contributed by atoms with E-state index in [2.05, 4.69) is 10.3 Å².